The number of nitrogens with zero attached hydrogens (tertiary/aromatic N) is 3. The number of rotatable bonds is 4. The number of morpholine rings is 1. The Balaban J connectivity index is 1.50. The van der Waals surface area contributed by atoms with Crippen LogP contribution in [0, 0.1) is 0 Å². The average Bonchev–Trinajstić information content (AvgIpc) is 3.29. The molecule has 4 rings (SSSR count). The Morgan fingerprint density at radius 3 is 2.46 bits per heavy atom. The highest BCUT2D eigenvalue weighted by Crippen LogP contribution is 2.31. The van der Waals surface area contributed by atoms with E-state index < -0.39 is 21.4 Å². The van der Waals surface area contributed by atoms with Gasteiger partial charge in [0.1, 0.15) is 6.10 Å². The van der Waals surface area contributed by atoms with Crippen molar-refractivity contribution in [2.75, 3.05) is 19.7 Å². The molecule has 1 atom stereocenters. The molecule has 0 amide bonds. The lowest BCUT2D eigenvalue weighted by atomic mass is 10.1. The molecule has 1 aliphatic heterocycles. The molecular weight excluding hydrogens is 354 g/mol. The predicted molar refractivity (Wildman–Crippen MR) is 95.2 cm³/mol. The molecule has 0 radical (unpaired) electrons. The molecule has 2 heterocycles. The van der Waals surface area contributed by atoms with Crippen LogP contribution in [0.5, 0.6) is 0 Å². The molecule has 0 bridgehead atoms. The molecule has 2 aromatic rings. The number of hydrogen-bond donors (Lipinski definition) is 0. The van der Waals surface area contributed by atoms with Gasteiger partial charge in [-0.1, -0.05) is 38.1 Å². The van der Waals surface area contributed by atoms with E-state index in [9.17, 15) is 8.42 Å². The largest absolute Gasteiger partial charge is 0.422 e. The fraction of sp³-hybridized carbons (Fsp3) is 0.556. The second kappa shape index (κ2) is 6.75. The van der Waals surface area contributed by atoms with Crippen molar-refractivity contribution >= 4 is 10.0 Å². The van der Waals surface area contributed by atoms with Gasteiger partial charge in [0.25, 0.3) is 0 Å². The van der Waals surface area contributed by atoms with Crippen LogP contribution in [0.3, 0.4) is 0 Å². The summed E-state index contributed by atoms with van der Waals surface area (Å²) >= 11 is 0. The van der Waals surface area contributed by atoms with Crippen LogP contribution in [0.2, 0.25) is 0 Å². The van der Waals surface area contributed by atoms with Crippen LogP contribution >= 0.6 is 0 Å². The first-order chi connectivity index (χ1) is 12.4. The summed E-state index contributed by atoms with van der Waals surface area (Å²) < 4.78 is 39.2. The minimum absolute atomic E-state index is 0.122. The molecule has 140 valence electrons. The topological polar surface area (TPSA) is 85.5 Å². The van der Waals surface area contributed by atoms with Gasteiger partial charge in [0.05, 0.1) is 11.9 Å². The Morgan fingerprint density at radius 2 is 1.85 bits per heavy atom. The van der Waals surface area contributed by atoms with Crippen LogP contribution in [-0.4, -0.2) is 47.9 Å². The van der Waals surface area contributed by atoms with E-state index in [1.807, 2.05) is 38.1 Å². The summed E-state index contributed by atoms with van der Waals surface area (Å²) in [5, 5.41) is 7.65. The Labute approximate surface area is 153 Å². The first-order valence-corrected chi connectivity index (χ1v) is 10.5. The average molecular weight is 377 g/mol. The SMILES string of the molecule is CC(C)c1nnc(C2CN(S(=O)(=O)C3Cc4ccccc4C3)CCO2)o1. The summed E-state index contributed by atoms with van der Waals surface area (Å²) in [6.07, 6.45) is 0.624. The van der Waals surface area contributed by atoms with Gasteiger partial charge in [0.2, 0.25) is 21.8 Å². The predicted octanol–water partition coefficient (Wildman–Crippen LogP) is 2.06. The zero-order valence-corrected chi connectivity index (χ0v) is 15.8. The Hall–Kier alpha value is -1.77. The summed E-state index contributed by atoms with van der Waals surface area (Å²) in [5.74, 6) is 1.01. The number of hydrogen-bond acceptors (Lipinski definition) is 6. The van der Waals surface area contributed by atoms with Crippen molar-refractivity contribution < 1.29 is 17.6 Å². The zero-order chi connectivity index (χ0) is 18.3. The van der Waals surface area contributed by atoms with Crippen LogP contribution in [0.15, 0.2) is 28.7 Å². The molecule has 1 unspecified atom stereocenters. The van der Waals surface area contributed by atoms with Crippen LogP contribution in [0.4, 0.5) is 0 Å². The summed E-state index contributed by atoms with van der Waals surface area (Å²) in [5.41, 5.74) is 2.26. The van der Waals surface area contributed by atoms with E-state index in [4.69, 9.17) is 9.15 Å². The van der Waals surface area contributed by atoms with Crippen molar-refractivity contribution in [3.8, 4) is 0 Å². The van der Waals surface area contributed by atoms with Crippen molar-refractivity contribution in [1.82, 2.24) is 14.5 Å². The molecule has 8 heteroatoms. The fourth-order valence-electron chi connectivity index (χ4n) is 3.56. The van der Waals surface area contributed by atoms with Crippen LogP contribution in [0.25, 0.3) is 0 Å². The first-order valence-electron chi connectivity index (χ1n) is 8.96. The molecule has 0 saturated carbocycles. The lowest BCUT2D eigenvalue weighted by molar-refractivity contribution is -0.0181. The minimum Gasteiger partial charge on any atom is -0.422 e. The molecule has 26 heavy (non-hydrogen) atoms. The van der Waals surface area contributed by atoms with Gasteiger partial charge in [0, 0.05) is 19.0 Å². The highest BCUT2D eigenvalue weighted by Gasteiger charge is 2.40. The molecule has 7 nitrogen and oxygen atoms in total. The van der Waals surface area contributed by atoms with E-state index in [0.29, 0.717) is 37.8 Å². The molecule has 1 aliphatic carbocycles. The van der Waals surface area contributed by atoms with Crippen molar-refractivity contribution in [1.29, 1.82) is 0 Å². The fourth-order valence-corrected chi connectivity index (χ4v) is 5.43. The van der Waals surface area contributed by atoms with Gasteiger partial charge in [-0.2, -0.15) is 4.31 Å². The number of sulfonamides is 1. The van der Waals surface area contributed by atoms with Crippen LogP contribution < -0.4 is 0 Å². The van der Waals surface area contributed by atoms with E-state index >= 15 is 0 Å². The lowest BCUT2D eigenvalue weighted by Crippen LogP contribution is -2.46. The summed E-state index contributed by atoms with van der Waals surface area (Å²) in [7, 11) is -3.42. The number of ether oxygens (including phenoxy) is 1. The maximum atomic E-state index is 13.2. The van der Waals surface area contributed by atoms with Gasteiger partial charge in [-0.05, 0) is 24.0 Å². The molecule has 0 N–H and O–H groups in total. The van der Waals surface area contributed by atoms with Crippen molar-refractivity contribution in [2.24, 2.45) is 0 Å². The van der Waals surface area contributed by atoms with E-state index in [-0.39, 0.29) is 12.5 Å². The summed E-state index contributed by atoms with van der Waals surface area (Å²) in [6.45, 7) is 4.83. The molecule has 0 spiro atoms. The van der Waals surface area contributed by atoms with E-state index in [2.05, 4.69) is 10.2 Å². The highest BCUT2D eigenvalue weighted by molar-refractivity contribution is 7.89. The first kappa shape index (κ1) is 17.6. The van der Waals surface area contributed by atoms with Crippen molar-refractivity contribution in [3.05, 3.63) is 47.2 Å². The third-order valence-corrected chi connectivity index (χ3v) is 7.28. The Morgan fingerprint density at radius 1 is 1.15 bits per heavy atom. The lowest BCUT2D eigenvalue weighted by Gasteiger charge is -2.32. The van der Waals surface area contributed by atoms with E-state index in [1.54, 1.807) is 0 Å². The molecular formula is C18H23N3O4S. The van der Waals surface area contributed by atoms with Crippen molar-refractivity contribution in [2.45, 2.75) is 44.0 Å². The van der Waals surface area contributed by atoms with Gasteiger partial charge < -0.3 is 9.15 Å². The second-order valence-electron chi connectivity index (χ2n) is 7.19. The maximum absolute atomic E-state index is 13.2. The van der Waals surface area contributed by atoms with Gasteiger partial charge in [0.15, 0.2) is 0 Å². The third kappa shape index (κ3) is 3.17. The van der Waals surface area contributed by atoms with E-state index in [0.717, 1.165) is 11.1 Å². The second-order valence-corrected chi connectivity index (χ2v) is 9.41. The Bertz CT molecular complexity index is 868. The maximum Gasteiger partial charge on any atom is 0.246 e. The zero-order valence-electron chi connectivity index (χ0n) is 15.0. The number of fused-ring (bicyclic) bond motifs is 1. The van der Waals surface area contributed by atoms with Gasteiger partial charge in [-0.25, -0.2) is 8.42 Å². The van der Waals surface area contributed by atoms with Gasteiger partial charge in [-0.3, -0.25) is 0 Å². The van der Waals surface area contributed by atoms with E-state index in [1.165, 1.54) is 4.31 Å². The van der Waals surface area contributed by atoms with Gasteiger partial charge >= 0.3 is 0 Å². The molecule has 1 saturated heterocycles. The molecule has 1 aromatic heterocycles. The third-order valence-electron chi connectivity index (χ3n) is 5.05. The molecule has 1 aromatic carbocycles. The number of aromatic nitrogens is 2. The molecule has 1 fully saturated rings. The molecule has 2 aliphatic rings. The van der Waals surface area contributed by atoms with Gasteiger partial charge in [-0.15, -0.1) is 10.2 Å². The Kier molecular flexibility index (Phi) is 4.58. The van der Waals surface area contributed by atoms with Crippen LogP contribution in [0.1, 0.15) is 48.8 Å². The summed E-state index contributed by atoms with van der Waals surface area (Å²) in [6, 6.07) is 7.94. The number of benzene rings is 1. The van der Waals surface area contributed by atoms with Crippen molar-refractivity contribution in [3.63, 3.8) is 0 Å². The minimum atomic E-state index is -3.42. The smallest absolute Gasteiger partial charge is 0.246 e. The highest BCUT2D eigenvalue weighted by atomic mass is 32.2. The van der Waals surface area contributed by atoms with Crippen LogP contribution in [-0.2, 0) is 27.6 Å². The monoisotopic (exact) mass is 377 g/mol. The quantitative estimate of drug-likeness (QED) is 0.811. The summed E-state index contributed by atoms with van der Waals surface area (Å²) in [4.78, 5) is 0. The standard InChI is InChI=1S/C18H23N3O4S/c1-12(2)17-19-20-18(25-17)16-11-21(7-8-24-16)26(22,23)15-9-13-5-3-4-6-14(13)10-15/h3-6,12,15-16H,7-11H2,1-2H3. The normalized spacial score (nSPS) is 22.0.